The van der Waals surface area contributed by atoms with Crippen molar-refractivity contribution in [1.82, 2.24) is 0 Å². The van der Waals surface area contributed by atoms with Gasteiger partial charge in [-0.1, -0.05) is 38.0 Å². The fourth-order valence-corrected chi connectivity index (χ4v) is 5.24. The minimum Gasteiger partial charge on any atom is -0.206 e. The number of aryl methyl sites for hydroxylation is 1. The van der Waals surface area contributed by atoms with Crippen molar-refractivity contribution in [3.63, 3.8) is 0 Å². The maximum atomic E-state index is 14.2. The van der Waals surface area contributed by atoms with E-state index in [-0.39, 0.29) is 17.4 Å². The zero-order valence-corrected chi connectivity index (χ0v) is 18.5. The topological polar surface area (TPSA) is 0 Å². The van der Waals surface area contributed by atoms with Crippen LogP contribution in [-0.2, 0) is 6.42 Å². The van der Waals surface area contributed by atoms with E-state index in [1.807, 2.05) is 6.92 Å². The first-order valence-electron chi connectivity index (χ1n) is 12.0. The fourth-order valence-electron chi connectivity index (χ4n) is 5.24. The Morgan fingerprint density at radius 1 is 0.903 bits per heavy atom. The van der Waals surface area contributed by atoms with Gasteiger partial charge in [-0.2, -0.15) is 8.78 Å². The first-order chi connectivity index (χ1) is 14.9. The minimum atomic E-state index is -1.54. The molecule has 2 saturated carbocycles. The molecule has 2 fully saturated rings. The van der Waals surface area contributed by atoms with Gasteiger partial charge in [0.1, 0.15) is 11.6 Å². The van der Waals surface area contributed by atoms with Crippen molar-refractivity contribution < 1.29 is 17.6 Å². The fraction of sp³-hybridized carbons (Fsp3) is 0.630. The molecule has 0 radical (unpaired) electrons. The highest BCUT2D eigenvalue weighted by molar-refractivity contribution is 5.39. The number of rotatable bonds is 6. The van der Waals surface area contributed by atoms with Crippen molar-refractivity contribution in [1.29, 1.82) is 0 Å². The number of hydrogen-bond acceptors (Lipinski definition) is 0. The number of allylic oxidation sites excluding steroid dienone is 1. The molecule has 170 valence electrons. The molecule has 0 spiro atoms. The van der Waals surface area contributed by atoms with E-state index in [2.05, 4.69) is 11.8 Å². The first kappa shape index (κ1) is 23.9. The molecule has 31 heavy (non-hydrogen) atoms. The van der Waals surface area contributed by atoms with Gasteiger partial charge >= 0.3 is 0 Å². The summed E-state index contributed by atoms with van der Waals surface area (Å²) in [6.07, 6.45) is 11.6. The largest absolute Gasteiger partial charge is 0.266 e. The van der Waals surface area contributed by atoms with E-state index in [0.29, 0.717) is 23.8 Å². The van der Waals surface area contributed by atoms with Gasteiger partial charge in [-0.15, -0.1) is 0 Å². The summed E-state index contributed by atoms with van der Waals surface area (Å²) in [4.78, 5) is 0. The summed E-state index contributed by atoms with van der Waals surface area (Å²) in [5.41, 5.74) is 0.586. The summed E-state index contributed by atoms with van der Waals surface area (Å²) in [7, 11) is 0. The summed E-state index contributed by atoms with van der Waals surface area (Å²) in [6, 6.07) is 2.82. The predicted molar refractivity (Wildman–Crippen MR) is 118 cm³/mol. The summed E-state index contributed by atoms with van der Waals surface area (Å²) in [5.74, 6) is 6.44. The molecule has 2 aliphatic carbocycles. The molecular weight excluding hydrogens is 400 g/mol. The van der Waals surface area contributed by atoms with Crippen molar-refractivity contribution in [2.45, 2.75) is 84.0 Å². The molecule has 0 bridgehead atoms. The lowest BCUT2D eigenvalue weighted by Crippen LogP contribution is -2.17. The Bertz CT molecular complexity index is 773. The van der Waals surface area contributed by atoms with Crippen LogP contribution in [0.3, 0.4) is 0 Å². The second-order valence-electron chi connectivity index (χ2n) is 9.49. The van der Waals surface area contributed by atoms with Crippen LogP contribution >= 0.6 is 0 Å². The van der Waals surface area contributed by atoms with Crippen molar-refractivity contribution in [3.8, 4) is 11.8 Å². The molecule has 4 heteroatoms. The average molecular weight is 435 g/mol. The molecule has 0 heterocycles. The molecular formula is C27H34F4. The minimum absolute atomic E-state index is 0.0628. The van der Waals surface area contributed by atoms with Crippen LogP contribution in [0.15, 0.2) is 24.3 Å². The molecule has 0 saturated heterocycles. The molecule has 0 nitrogen and oxygen atoms in total. The normalized spacial score (nSPS) is 26.1. The molecule has 0 aromatic heterocycles. The molecule has 0 amide bonds. The van der Waals surface area contributed by atoms with Crippen LogP contribution in [0, 0.1) is 47.1 Å². The maximum absolute atomic E-state index is 14.2. The highest BCUT2D eigenvalue weighted by atomic mass is 19.3. The monoisotopic (exact) mass is 434 g/mol. The van der Waals surface area contributed by atoms with E-state index in [1.165, 1.54) is 25.0 Å². The molecule has 0 N–H and O–H groups in total. The Kier molecular flexibility index (Phi) is 9.05. The average Bonchev–Trinajstić information content (AvgIpc) is 2.73. The van der Waals surface area contributed by atoms with Crippen LogP contribution in [0.25, 0.3) is 0 Å². The van der Waals surface area contributed by atoms with Crippen molar-refractivity contribution in [3.05, 3.63) is 47.1 Å². The van der Waals surface area contributed by atoms with Crippen LogP contribution < -0.4 is 0 Å². The number of halogens is 4. The van der Waals surface area contributed by atoms with Gasteiger partial charge in [0.05, 0.1) is 5.56 Å². The van der Waals surface area contributed by atoms with Crippen LogP contribution in [0.1, 0.15) is 88.7 Å². The zero-order valence-electron chi connectivity index (χ0n) is 18.5. The number of hydrogen-bond donors (Lipinski definition) is 0. The van der Waals surface area contributed by atoms with Crippen LogP contribution in [0.2, 0.25) is 0 Å². The molecule has 3 rings (SSSR count). The molecule has 2 aliphatic rings. The third-order valence-electron chi connectivity index (χ3n) is 7.12. The second kappa shape index (κ2) is 11.7. The van der Waals surface area contributed by atoms with Crippen molar-refractivity contribution >= 4 is 0 Å². The molecule has 0 atom stereocenters. The van der Waals surface area contributed by atoms with Crippen molar-refractivity contribution in [2.75, 3.05) is 0 Å². The highest BCUT2D eigenvalue weighted by Gasteiger charge is 2.24. The van der Waals surface area contributed by atoms with Crippen LogP contribution in [0.5, 0.6) is 0 Å². The zero-order chi connectivity index (χ0) is 22.2. The van der Waals surface area contributed by atoms with E-state index in [1.54, 1.807) is 0 Å². The van der Waals surface area contributed by atoms with Gasteiger partial charge in [0.25, 0.3) is 6.08 Å². The summed E-state index contributed by atoms with van der Waals surface area (Å²) in [6.45, 7) is 1.99. The van der Waals surface area contributed by atoms with E-state index >= 15 is 0 Å². The summed E-state index contributed by atoms with van der Waals surface area (Å²) >= 11 is 0. The number of benzene rings is 1. The van der Waals surface area contributed by atoms with Gasteiger partial charge in [-0.25, -0.2) is 8.78 Å². The smallest absolute Gasteiger partial charge is 0.206 e. The Morgan fingerprint density at radius 2 is 1.45 bits per heavy atom. The van der Waals surface area contributed by atoms with Crippen LogP contribution in [0.4, 0.5) is 17.6 Å². The third kappa shape index (κ3) is 7.41. The maximum Gasteiger partial charge on any atom is 0.266 e. The van der Waals surface area contributed by atoms with Crippen molar-refractivity contribution in [2.24, 2.45) is 23.7 Å². The van der Waals surface area contributed by atoms with Gasteiger partial charge in [0.2, 0.25) is 0 Å². The highest BCUT2D eigenvalue weighted by Crippen LogP contribution is 2.37. The van der Waals surface area contributed by atoms with Crippen LogP contribution in [-0.4, -0.2) is 0 Å². The first-order valence-corrected chi connectivity index (χ1v) is 12.0. The van der Waals surface area contributed by atoms with Gasteiger partial charge < -0.3 is 0 Å². The Labute approximate surface area is 184 Å². The lowest BCUT2D eigenvalue weighted by atomic mass is 9.75. The third-order valence-corrected chi connectivity index (χ3v) is 7.12. The van der Waals surface area contributed by atoms with E-state index in [9.17, 15) is 17.6 Å². The van der Waals surface area contributed by atoms with E-state index < -0.39 is 17.7 Å². The van der Waals surface area contributed by atoms with E-state index in [0.717, 1.165) is 63.9 Å². The SMILES string of the molecule is CCCc1cc(F)c(C#CC2CCC(CC[C@H]3CC[C@H](C=C(F)F)CC3)CC2)c(F)c1. The Morgan fingerprint density at radius 3 is 1.97 bits per heavy atom. The molecule has 0 aliphatic heterocycles. The lowest BCUT2D eigenvalue weighted by Gasteiger charge is -2.30. The van der Waals surface area contributed by atoms with E-state index in [4.69, 9.17) is 0 Å². The molecule has 1 aromatic rings. The Balaban J connectivity index is 1.42. The second-order valence-corrected chi connectivity index (χ2v) is 9.49. The summed E-state index contributed by atoms with van der Waals surface area (Å²) < 4.78 is 53.2. The standard InChI is InChI=1S/C27H34F4/c1-2-3-23-16-25(28)24(26(29)17-23)15-14-21-8-6-19(7-9-21)4-5-20-10-12-22(13-11-20)18-27(30)31/h16-22H,2-13H2,1H3/t19?,20-,21?,22-. The van der Waals surface area contributed by atoms with Gasteiger partial charge in [-0.3, -0.25) is 0 Å². The van der Waals surface area contributed by atoms with Gasteiger partial charge in [0.15, 0.2) is 0 Å². The molecule has 1 aromatic carbocycles. The predicted octanol–water partition coefficient (Wildman–Crippen LogP) is 8.44. The molecule has 0 unspecified atom stereocenters. The Hall–Kier alpha value is -1.76. The van der Waals surface area contributed by atoms with Gasteiger partial charge in [0, 0.05) is 5.92 Å². The van der Waals surface area contributed by atoms with Gasteiger partial charge in [-0.05, 0) is 99.3 Å². The summed E-state index contributed by atoms with van der Waals surface area (Å²) in [5, 5.41) is 0. The lowest BCUT2D eigenvalue weighted by molar-refractivity contribution is 0.240. The quantitative estimate of drug-likeness (QED) is 0.311.